The van der Waals surface area contributed by atoms with Gasteiger partial charge in [-0.25, -0.2) is 4.79 Å². The number of hydrogen-bond acceptors (Lipinski definition) is 5. The molecule has 2 atom stereocenters. The zero-order chi connectivity index (χ0) is 18.3. The molecule has 3 amide bonds. The first-order valence-electron chi connectivity index (χ1n) is 9.04. The van der Waals surface area contributed by atoms with Crippen molar-refractivity contribution in [3.05, 3.63) is 35.7 Å². The van der Waals surface area contributed by atoms with Crippen molar-refractivity contribution >= 4 is 11.9 Å². The van der Waals surface area contributed by atoms with Crippen LogP contribution in [0.25, 0.3) is 11.4 Å². The maximum atomic E-state index is 13.0. The first-order valence-corrected chi connectivity index (χ1v) is 9.04. The van der Waals surface area contributed by atoms with Gasteiger partial charge in [0.05, 0.1) is 0 Å². The van der Waals surface area contributed by atoms with E-state index in [-0.39, 0.29) is 30.3 Å². The molecule has 2 aliphatic rings. The number of benzene rings is 1. The zero-order valence-corrected chi connectivity index (χ0v) is 15.0. The Morgan fingerprint density at radius 3 is 2.88 bits per heavy atom. The summed E-state index contributed by atoms with van der Waals surface area (Å²) in [6, 6.07) is 7.36. The lowest BCUT2D eigenvalue weighted by molar-refractivity contribution is -0.134. The summed E-state index contributed by atoms with van der Waals surface area (Å²) in [5, 5.41) is 6.94. The second kappa shape index (κ2) is 6.23. The van der Waals surface area contributed by atoms with Crippen LogP contribution in [-0.4, -0.2) is 32.5 Å². The number of nitrogens with one attached hydrogen (secondary N) is 1. The fraction of sp³-hybridized carbons (Fsp3) is 0.474. The molecule has 0 radical (unpaired) electrons. The Morgan fingerprint density at radius 1 is 1.31 bits per heavy atom. The monoisotopic (exact) mass is 354 g/mol. The van der Waals surface area contributed by atoms with Crippen LogP contribution in [0.2, 0.25) is 0 Å². The molecule has 7 nitrogen and oxygen atoms in total. The summed E-state index contributed by atoms with van der Waals surface area (Å²) in [6.07, 6.45) is 3.67. The smallest absolute Gasteiger partial charge is 0.325 e. The Labute approximate surface area is 151 Å². The van der Waals surface area contributed by atoms with E-state index in [9.17, 15) is 9.59 Å². The van der Waals surface area contributed by atoms with Gasteiger partial charge in [0.1, 0.15) is 12.1 Å². The average molecular weight is 354 g/mol. The number of hydrogen-bond donors (Lipinski definition) is 1. The van der Waals surface area contributed by atoms with E-state index in [1.165, 1.54) is 4.90 Å². The van der Waals surface area contributed by atoms with Gasteiger partial charge in [-0.1, -0.05) is 49.2 Å². The lowest BCUT2D eigenvalue weighted by Gasteiger charge is -2.36. The Hall–Kier alpha value is -2.70. The quantitative estimate of drug-likeness (QED) is 0.856. The third-order valence-corrected chi connectivity index (χ3v) is 5.65. The van der Waals surface area contributed by atoms with Crippen molar-refractivity contribution in [1.29, 1.82) is 0 Å². The summed E-state index contributed by atoms with van der Waals surface area (Å²) in [5.74, 6) is 0.673. The van der Waals surface area contributed by atoms with E-state index < -0.39 is 5.54 Å². The Bertz CT molecular complexity index is 862. The molecule has 1 saturated carbocycles. The maximum Gasteiger partial charge on any atom is 0.325 e. The van der Waals surface area contributed by atoms with Crippen molar-refractivity contribution in [1.82, 2.24) is 20.4 Å². The van der Waals surface area contributed by atoms with Crippen LogP contribution in [0.5, 0.6) is 0 Å². The molecule has 1 aliphatic carbocycles. The van der Waals surface area contributed by atoms with Crippen LogP contribution in [0.15, 0.2) is 28.8 Å². The molecular formula is C19H22N4O3. The molecule has 1 N–H and O–H groups in total. The van der Waals surface area contributed by atoms with E-state index in [4.69, 9.17) is 4.52 Å². The molecular weight excluding hydrogens is 332 g/mol. The van der Waals surface area contributed by atoms with Crippen molar-refractivity contribution < 1.29 is 14.1 Å². The summed E-state index contributed by atoms with van der Waals surface area (Å²) in [4.78, 5) is 31.0. The largest absolute Gasteiger partial charge is 0.337 e. The minimum atomic E-state index is -0.770. The molecule has 136 valence electrons. The molecule has 1 aromatic heterocycles. The van der Waals surface area contributed by atoms with Crippen LogP contribution in [0.4, 0.5) is 4.79 Å². The van der Waals surface area contributed by atoms with Crippen molar-refractivity contribution in [2.24, 2.45) is 5.92 Å². The minimum Gasteiger partial charge on any atom is -0.337 e. The van der Waals surface area contributed by atoms with Gasteiger partial charge < -0.3 is 9.84 Å². The van der Waals surface area contributed by atoms with Crippen LogP contribution in [0.1, 0.15) is 44.1 Å². The number of urea groups is 1. The fourth-order valence-corrected chi connectivity index (χ4v) is 4.03. The molecule has 26 heavy (non-hydrogen) atoms. The van der Waals surface area contributed by atoms with Gasteiger partial charge in [-0.15, -0.1) is 0 Å². The van der Waals surface area contributed by atoms with Gasteiger partial charge >= 0.3 is 6.03 Å². The first-order chi connectivity index (χ1) is 12.5. The van der Waals surface area contributed by atoms with Crippen molar-refractivity contribution in [2.45, 2.75) is 51.6 Å². The van der Waals surface area contributed by atoms with E-state index in [0.717, 1.165) is 30.4 Å². The predicted octanol–water partition coefficient (Wildman–Crippen LogP) is 3.05. The summed E-state index contributed by atoms with van der Waals surface area (Å²) in [7, 11) is 0. The van der Waals surface area contributed by atoms with Crippen LogP contribution in [0, 0.1) is 12.8 Å². The maximum absolute atomic E-state index is 13.0. The fourth-order valence-electron chi connectivity index (χ4n) is 4.03. The van der Waals surface area contributed by atoms with Crippen molar-refractivity contribution in [2.75, 3.05) is 0 Å². The highest BCUT2D eigenvalue weighted by atomic mass is 16.5. The normalized spacial score (nSPS) is 25.8. The molecule has 1 aromatic carbocycles. The number of carbonyl (C=O) groups is 2. The van der Waals surface area contributed by atoms with Gasteiger partial charge in [0.25, 0.3) is 5.91 Å². The molecule has 2 fully saturated rings. The highest BCUT2D eigenvalue weighted by Crippen LogP contribution is 2.38. The molecule has 1 saturated heterocycles. The SMILES string of the molecule is Cc1ccccc1-c1noc(CN2C(=O)N[C@@]3(CCCC[C@@H]3C)C2=O)n1. The summed E-state index contributed by atoms with van der Waals surface area (Å²) in [5.41, 5.74) is 1.13. The van der Waals surface area contributed by atoms with Gasteiger partial charge in [-0.05, 0) is 31.2 Å². The van der Waals surface area contributed by atoms with Gasteiger partial charge in [0.15, 0.2) is 0 Å². The van der Waals surface area contributed by atoms with E-state index in [1.54, 1.807) is 0 Å². The number of rotatable bonds is 3. The summed E-state index contributed by atoms with van der Waals surface area (Å²) < 4.78 is 5.30. The Balaban J connectivity index is 1.56. The molecule has 0 bridgehead atoms. The summed E-state index contributed by atoms with van der Waals surface area (Å²) >= 11 is 0. The highest BCUT2D eigenvalue weighted by Gasteiger charge is 2.55. The second-order valence-corrected chi connectivity index (χ2v) is 7.27. The molecule has 0 unspecified atom stereocenters. The second-order valence-electron chi connectivity index (χ2n) is 7.27. The van der Waals surface area contributed by atoms with Gasteiger partial charge in [-0.2, -0.15) is 4.98 Å². The zero-order valence-electron chi connectivity index (χ0n) is 15.0. The molecule has 1 spiro atoms. The first kappa shape index (κ1) is 16.8. The van der Waals surface area contributed by atoms with E-state index >= 15 is 0 Å². The topological polar surface area (TPSA) is 88.3 Å². The van der Waals surface area contributed by atoms with Crippen molar-refractivity contribution in [3.8, 4) is 11.4 Å². The number of imide groups is 1. The lowest BCUT2D eigenvalue weighted by Crippen LogP contribution is -2.53. The van der Waals surface area contributed by atoms with Crippen molar-refractivity contribution in [3.63, 3.8) is 0 Å². The van der Waals surface area contributed by atoms with E-state index in [2.05, 4.69) is 15.5 Å². The molecule has 1 aliphatic heterocycles. The van der Waals surface area contributed by atoms with Crippen LogP contribution in [-0.2, 0) is 11.3 Å². The minimum absolute atomic E-state index is 0.00197. The number of carbonyl (C=O) groups excluding carboxylic acids is 2. The predicted molar refractivity (Wildman–Crippen MR) is 93.9 cm³/mol. The van der Waals surface area contributed by atoms with Gasteiger partial charge in [0.2, 0.25) is 11.7 Å². The third kappa shape index (κ3) is 2.58. The summed E-state index contributed by atoms with van der Waals surface area (Å²) in [6.45, 7) is 4.00. The molecule has 2 aromatic rings. The van der Waals surface area contributed by atoms with Crippen LogP contribution in [0.3, 0.4) is 0 Å². The number of amides is 3. The Kier molecular flexibility index (Phi) is 4.01. The molecule has 2 heterocycles. The third-order valence-electron chi connectivity index (χ3n) is 5.65. The van der Waals surface area contributed by atoms with E-state index in [1.807, 2.05) is 38.1 Å². The molecule has 7 heteroatoms. The van der Waals surface area contributed by atoms with Crippen LogP contribution < -0.4 is 5.32 Å². The van der Waals surface area contributed by atoms with Gasteiger partial charge in [0, 0.05) is 5.56 Å². The average Bonchev–Trinajstić information content (AvgIpc) is 3.18. The van der Waals surface area contributed by atoms with Crippen LogP contribution >= 0.6 is 0 Å². The highest BCUT2D eigenvalue weighted by molar-refractivity contribution is 6.07. The molecule has 4 rings (SSSR count). The van der Waals surface area contributed by atoms with E-state index in [0.29, 0.717) is 12.2 Å². The standard InChI is InChI=1S/C19H22N4O3/c1-12-7-3-4-9-14(12)16-20-15(26-22-16)11-23-17(24)19(21-18(23)25)10-6-5-8-13(19)2/h3-4,7,9,13H,5-6,8,10-11H2,1-2H3,(H,21,25)/t13-,19+/m0/s1. The van der Waals surface area contributed by atoms with Gasteiger partial charge in [-0.3, -0.25) is 9.69 Å². The number of aryl methyl sites for hydroxylation is 1. The number of nitrogens with zero attached hydrogens (tertiary/aromatic N) is 3. The lowest BCUT2D eigenvalue weighted by atomic mass is 9.73. The Morgan fingerprint density at radius 2 is 2.12 bits per heavy atom. The number of aromatic nitrogens is 2.